The van der Waals surface area contributed by atoms with Crippen molar-refractivity contribution in [2.75, 3.05) is 0 Å². The first-order chi connectivity index (χ1) is 15.2. The molecule has 0 aliphatic rings. The minimum absolute atomic E-state index is 0.131. The number of halogens is 1. The van der Waals surface area contributed by atoms with Gasteiger partial charge in [0.05, 0.1) is 29.8 Å². The molecule has 0 spiro atoms. The number of aromatic nitrogens is 3. The maximum Gasteiger partial charge on any atom is 0.251 e. The first-order valence-corrected chi connectivity index (χ1v) is 10.9. The van der Waals surface area contributed by atoms with Gasteiger partial charge in [0.1, 0.15) is 5.82 Å². The van der Waals surface area contributed by atoms with Crippen molar-refractivity contribution in [3.8, 4) is 0 Å². The van der Waals surface area contributed by atoms with Crippen molar-refractivity contribution < 1.29 is 4.79 Å². The maximum atomic E-state index is 12.8. The first-order valence-electron chi connectivity index (χ1n) is 10.6. The SMILES string of the molecule is CCCCc1nc2ccc(C(=O)NCc3ccccn3)cc2n1Cc1ccccc1Cl. The van der Waals surface area contributed by atoms with E-state index in [2.05, 4.69) is 21.8 Å². The highest BCUT2D eigenvalue weighted by molar-refractivity contribution is 6.31. The lowest BCUT2D eigenvalue weighted by Crippen LogP contribution is -2.23. The average Bonchev–Trinajstić information content (AvgIpc) is 3.14. The van der Waals surface area contributed by atoms with Gasteiger partial charge < -0.3 is 9.88 Å². The number of pyridine rings is 1. The Labute approximate surface area is 187 Å². The normalized spacial score (nSPS) is 11.0. The highest BCUT2D eigenvalue weighted by Crippen LogP contribution is 2.24. The minimum Gasteiger partial charge on any atom is -0.346 e. The van der Waals surface area contributed by atoms with E-state index in [9.17, 15) is 4.79 Å². The molecule has 2 heterocycles. The molecule has 0 aliphatic heterocycles. The van der Waals surface area contributed by atoms with Crippen LogP contribution < -0.4 is 5.32 Å². The molecule has 0 atom stereocenters. The van der Waals surface area contributed by atoms with Gasteiger partial charge in [-0.1, -0.05) is 49.2 Å². The third-order valence-electron chi connectivity index (χ3n) is 5.29. The van der Waals surface area contributed by atoms with Gasteiger partial charge in [0.25, 0.3) is 5.91 Å². The number of nitrogens with zero attached hydrogens (tertiary/aromatic N) is 3. The van der Waals surface area contributed by atoms with Crippen LogP contribution >= 0.6 is 11.6 Å². The van der Waals surface area contributed by atoms with E-state index >= 15 is 0 Å². The molecule has 4 rings (SSSR count). The highest BCUT2D eigenvalue weighted by atomic mass is 35.5. The Balaban J connectivity index is 1.65. The predicted molar refractivity (Wildman–Crippen MR) is 124 cm³/mol. The second kappa shape index (κ2) is 9.75. The molecule has 158 valence electrons. The number of benzene rings is 2. The van der Waals surface area contributed by atoms with Gasteiger partial charge >= 0.3 is 0 Å². The molecule has 0 bridgehead atoms. The van der Waals surface area contributed by atoms with Crippen molar-refractivity contribution >= 4 is 28.5 Å². The van der Waals surface area contributed by atoms with Crippen LogP contribution in [0, 0.1) is 0 Å². The van der Waals surface area contributed by atoms with Crippen LogP contribution in [0.3, 0.4) is 0 Å². The second-order valence-corrected chi connectivity index (χ2v) is 7.92. The fourth-order valence-corrected chi connectivity index (χ4v) is 3.78. The molecule has 0 radical (unpaired) electrons. The van der Waals surface area contributed by atoms with E-state index < -0.39 is 0 Å². The van der Waals surface area contributed by atoms with E-state index in [0.29, 0.717) is 18.7 Å². The zero-order valence-electron chi connectivity index (χ0n) is 17.5. The number of carbonyl (C=O) groups excluding carboxylic acids is 1. The molecule has 1 amide bonds. The molecular formula is C25H25ClN4O. The summed E-state index contributed by atoms with van der Waals surface area (Å²) in [6, 6.07) is 19.2. The number of unbranched alkanes of at least 4 members (excludes halogenated alkanes) is 1. The Hall–Kier alpha value is -3.18. The Morgan fingerprint density at radius 1 is 1.10 bits per heavy atom. The van der Waals surface area contributed by atoms with Crippen LogP contribution in [0.15, 0.2) is 66.9 Å². The molecule has 0 aliphatic carbocycles. The first kappa shape index (κ1) is 21.1. The lowest BCUT2D eigenvalue weighted by molar-refractivity contribution is 0.0950. The van der Waals surface area contributed by atoms with E-state index in [-0.39, 0.29) is 5.91 Å². The molecule has 31 heavy (non-hydrogen) atoms. The molecule has 0 unspecified atom stereocenters. The number of hydrogen-bond donors (Lipinski definition) is 1. The Kier molecular flexibility index (Phi) is 6.63. The van der Waals surface area contributed by atoms with E-state index in [1.54, 1.807) is 6.20 Å². The van der Waals surface area contributed by atoms with Crippen LogP contribution in [-0.2, 0) is 19.5 Å². The van der Waals surface area contributed by atoms with Gasteiger partial charge in [0.15, 0.2) is 0 Å². The van der Waals surface area contributed by atoms with Gasteiger partial charge in [-0.05, 0) is 48.4 Å². The van der Waals surface area contributed by atoms with Crippen LogP contribution in [0.5, 0.6) is 0 Å². The third kappa shape index (κ3) is 4.94. The second-order valence-electron chi connectivity index (χ2n) is 7.52. The topological polar surface area (TPSA) is 59.8 Å². The number of carbonyl (C=O) groups is 1. The van der Waals surface area contributed by atoms with Gasteiger partial charge in [-0.3, -0.25) is 9.78 Å². The molecule has 0 saturated carbocycles. The predicted octanol–water partition coefficient (Wildman–Crippen LogP) is 5.41. The van der Waals surface area contributed by atoms with Crippen LogP contribution in [0.2, 0.25) is 5.02 Å². The van der Waals surface area contributed by atoms with Crippen molar-refractivity contribution in [1.29, 1.82) is 0 Å². The lowest BCUT2D eigenvalue weighted by Gasteiger charge is -2.11. The summed E-state index contributed by atoms with van der Waals surface area (Å²) in [4.78, 5) is 21.9. The highest BCUT2D eigenvalue weighted by Gasteiger charge is 2.15. The van der Waals surface area contributed by atoms with E-state index in [1.165, 1.54) is 0 Å². The summed E-state index contributed by atoms with van der Waals surface area (Å²) >= 11 is 6.43. The van der Waals surface area contributed by atoms with Crippen molar-refractivity contribution in [3.05, 3.63) is 94.5 Å². The van der Waals surface area contributed by atoms with Crippen LogP contribution in [-0.4, -0.2) is 20.4 Å². The van der Waals surface area contributed by atoms with Crippen LogP contribution in [0.1, 0.15) is 47.2 Å². The zero-order valence-corrected chi connectivity index (χ0v) is 18.3. The van der Waals surface area contributed by atoms with Gasteiger partial charge in [-0.2, -0.15) is 0 Å². The standard InChI is InChI=1S/C25H25ClN4O/c1-2-3-11-24-29-22-13-12-18(25(31)28-16-20-9-6-7-14-27-20)15-23(22)30(24)17-19-8-4-5-10-21(19)26/h4-10,12-15H,2-3,11,16-17H2,1H3,(H,28,31). The third-order valence-corrected chi connectivity index (χ3v) is 5.65. The monoisotopic (exact) mass is 432 g/mol. The summed E-state index contributed by atoms with van der Waals surface area (Å²) in [6.45, 7) is 3.18. The van der Waals surface area contributed by atoms with Crippen LogP contribution in [0.25, 0.3) is 11.0 Å². The molecule has 2 aromatic carbocycles. The smallest absolute Gasteiger partial charge is 0.251 e. The van der Waals surface area contributed by atoms with E-state index in [1.807, 2.05) is 60.7 Å². The van der Waals surface area contributed by atoms with Gasteiger partial charge in [0, 0.05) is 23.2 Å². The van der Waals surface area contributed by atoms with Gasteiger partial charge in [-0.25, -0.2) is 4.98 Å². The number of imidazole rings is 1. The van der Waals surface area contributed by atoms with Crippen molar-refractivity contribution in [1.82, 2.24) is 19.9 Å². The molecule has 6 heteroatoms. The number of aryl methyl sites for hydroxylation is 1. The Morgan fingerprint density at radius 3 is 2.71 bits per heavy atom. The summed E-state index contributed by atoms with van der Waals surface area (Å²) in [7, 11) is 0. The number of fused-ring (bicyclic) bond motifs is 1. The fraction of sp³-hybridized carbons (Fsp3) is 0.240. The van der Waals surface area contributed by atoms with Crippen molar-refractivity contribution in [2.24, 2.45) is 0 Å². The summed E-state index contributed by atoms with van der Waals surface area (Å²) < 4.78 is 2.18. The quantitative estimate of drug-likeness (QED) is 0.405. The molecule has 0 saturated heterocycles. The Morgan fingerprint density at radius 2 is 1.94 bits per heavy atom. The van der Waals surface area contributed by atoms with Gasteiger partial charge in [0.2, 0.25) is 0 Å². The summed E-state index contributed by atoms with van der Waals surface area (Å²) in [5.41, 5.74) is 4.29. The van der Waals surface area contributed by atoms with Crippen molar-refractivity contribution in [2.45, 2.75) is 39.3 Å². The lowest BCUT2D eigenvalue weighted by atomic mass is 10.1. The number of nitrogens with one attached hydrogen (secondary N) is 1. The van der Waals surface area contributed by atoms with Gasteiger partial charge in [-0.15, -0.1) is 0 Å². The van der Waals surface area contributed by atoms with E-state index in [4.69, 9.17) is 16.6 Å². The molecular weight excluding hydrogens is 408 g/mol. The zero-order chi connectivity index (χ0) is 21.6. The molecule has 2 aromatic heterocycles. The van der Waals surface area contributed by atoms with Crippen molar-refractivity contribution in [3.63, 3.8) is 0 Å². The molecule has 4 aromatic rings. The number of rotatable bonds is 8. The average molecular weight is 433 g/mol. The summed E-state index contributed by atoms with van der Waals surface area (Å²) in [5.74, 6) is 0.885. The number of hydrogen-bond acceptors (Lipinski definition) is 3. The summed E-state index contributed by atoms with van der Waals surface area (Å²) in [5, 5.41) is 3.68. The minimum atomic E-state index is -0.131. The van der Waals surface area contributed by atoms with E-state index in [0.717, 1.165) is 52.4 Å². The maximum absolute atomic E-state index is 12.8. The Bertz CT molecular complexity index is 1190. The molecule has 0 fully saturated rings. The fourth-order valence-electron chi connectivity index (χ4n) is 3.59. The number of amides is 1. The molecule has 5 nitrogen and oxygen atoms in total. The largest absolute Gasteiger partial charge is 0.346 e. The van der Waals surface area contributed by atoms with Crippen LogP contribution in [0.4, 0.5) is 0 Å². The molecule has 1 N–H and O–H groups in total. The summed E-state index contributed by atoms with van der Waals surface area (Å²) in [6.07, 6.45) is 4.76.